The molecular weight excluding hydrogens is 207 g/mol. The number of benzene rings is 1. The average molecular weight is 212 g/mol. The van der Waals surface area contributed by atoms with Crippen molar-refractivity contribution in [1.82, 2.24) is 0 Å². The number of nitrogen functional groups attached to an aromatic ring is 1. The van der Waals surface area contributed by atoms with Gasteiger partial charge in [0.25, 0.3) is 0 Å². The van der Waals surface area contributed by atoms with E-state index >= 15 is 0 Å². The van der Waals surface area contributed by atoms with Gasteiger partial charge in [-0.2, -0.15) is 0 Å². The summed E-state index contributed by atoms with van der Waals surface area (Å²) in [4.78, 5) is 9.92. The number of nitro groups is 1. The van der Waals surface area contributed by atoms with Crippen LogP contribution in [0.2, 0.25) is 0 Å². The second-order valence-electron chi connectivity index (χ2n) is 2.69. The topological polar surface area (TPSA) is 69.2 Å². The molecule has 0 spiro atoms. The van der Waals surface area contributed by atoms with Gasteiger partial charge in [-0.25, -0.2) is 4.39 Å². The van der Waals surface area contributed by atoms with E-state index in [2.05, 4.69) is 0 Å². The minimum absolute atomic E-state index is 0.0366. The normalized spacial score (nSPS) is 10.6. The maximum absolute atomic E-state index is 13.2. The molecule has 2 N–H and O–H groups in total. The number of nitrogens with two attached hydrogens (primary N) is 1. The van der Waals surface area contributed by atoms with Gasteiger partial charge >= 0.3 is 5.00 Å². The molecule has 1 aromatic heterocycles. The fraction of sp³-hybridized carbons (Fsp3) is 0. The van der Waals surface area contributed by atoms with Crippen molar-refractivity contribution >= 4 is 32.1 Å². The third-order valence-corrected chi connectivity index (χ3v) is 3.03. The number of anilines is 1. The Kier molecular flexibility index (Phi) is 1.85. The van der Waals surface area contributed by atoms with E-state index in [1.807, 2.05) is 0 Å². The first-order valence-electron chi connectivity index (χ1n) is 3.72. The first-order valence-corrected chi connectivity index (χ1v) is 4.54. The molecule has 0 unspecified atom stereocenters. The molecule has 1 aromatic carbocycles. The quantitative estimate of drug-likeness (QED) is 0.583. The van der Waals surface area contributed by atoms with Gasteiger partial charge in [-0.15, -0.1) is 0 Å². The smallest absolute Gasteiger partial charge is 0.348 e. The SMILES string of the molecule is Nc1c([N+](=O)[O-])sc2c(F)cccc12. The lowest BCUT2D eigenvalue weighted by Crippen LogP contribution is -1.90. The van der Waals surface area contributed by atoms with Crippen molar-refractivity contribution in [2.45, 2.75) is 0 Å². The predicted molar refractivity (Wildman–Crippen MR) is 52.8 cm³/mol. The number of fused-ring (bicyclic) bond motifs is 1. The zero-order valence-electron chi connectivity index (χ0n) is 6.86. The van der Waals surface area contributed by atoms with Crippen LogP contribution in [0.15, 0.2) is 18.2 Å². The Bertz CT molecular complexity index is 523. The first-order chi connectivity index (χ1) is 6.61. The summed E-state index contributed by atoms with van der Waals surface area (Å²) < 4.78 is 13.4. The number of halogens is 1. The highest BCUT2D eigenvalue weighted by molar-refractivity contribution is 7.23. The molecule has 0 amide bonds. The van der Waals surface area contributed by atoms with Crippen molar-refractivity contribution in [3.05, 3.63) is 34.1 Å². The van der Waals surface area contributed by atoms with E-state index in [4.69, 9.17) is 5.73 Å². The molecule has 0 aliphatic rings. The van der Waals surface area contributed by atoms with E-state index in [0.29, 0.717) is 5.39 Å². The van der Waals surface area contributed by atoms with Crippen LogP contribution < -0.4 is 5.73 Å². The van der Waals surface area contributed by atoms with Crippen LogP contribution in [0.1, 0.15) is 0 Å². The summed E-state index contributed by atoms with van der Waals surface area (Å²) in [6, 6.07) is 4.30. The predicted octanol–water partition coefficient (Wildman–Crippen LogP) is 2.53. The second kappa shape index (κ2) is 2.91. The molecule has 0 bridgehead atoms. The highest BCUT2D eigenvalue weighted by Gasteiger charge is 2.20. The summed E-state index contributed by atoms with van der Waals surface area (Å²) in [5, 5.41) is 10.7. The summed E-state index contributed by atoms with van der Waals surface area (Å²) >= 11 is 0.760. The van der Waals surface area contributed by atoms with Crippen LogP contribution in [0, 0.1) is 15.9 Å². The molecule has 0 saturated heterocycles. The van der Waals surface area contributed by atoms with Gasteiger partial charge in [-0.3, -0.25) is 10.1 Å². The lowest BCUT2D eigenvalue weighted by atomic mass is 10.2. The molecular formula is C8H5FN2O2S. The number of rotatable bonds is 1. The van der Waals surface area contributed by atoms with Gasteiger partial charge in [0.05, 0.1) is 9.62 Å². The first kappa shape index (κ1) is 8.89. The van der Waals surface area contributed by atoms with Gasteiger partial charge < -0.3 is 5.73 Å². The largest absolute Gasteiger partial charge is 0.392 e. The molecule has 1 heterocycles. The van der Waals surface area contributed by atoms with E-state index in [9.17, 15) is 14.5 Å². The zero-order chi connectivity index (χ0) is 10.3. The fourth-order valence-electron chi connectivity index (χ4n) is 1.23. The Morgan fingerprint density at radius 1 is 1.50 bits per heavy atom. The third-order valence-electron chi connectivity index (χ3n) is 1.85. The number of hydrogen-bond donors (Lipinski definition) is 1. The molecule has 0 aliphatic heterocycles. The molecule has 2 rings (SSSR count). The highest BCUT2D eigenvalue weighted by atomic mass is 32.1. The monoisotopic (exact) mass is 212 g/mol. The van der Waals surface area contributed by atoms with Crippen LogP contribution in [-0.4, -0.2) is 4.92 Å². The number of hydrogen-bond acceptors (Lipinski definition) is 4. The van der Waals surface area contributed by atoms with Crippen LogP contribution in [0.5, 0.6) is 0 Å². The van der Waals surface area contributed by atoms with Crippen molar-refractivity contribution in [2.24, 2.45) is 0 Å². The van der Waals surface area contributed by atoms with E-state index < -0.39 is 10.7 Å². The maximum Gasteiger partial charge on any atom is 0.348 e. The molecule has 0 radical (unpaired) electrons. The van der Waals surface area contributed by atoms with Crippen LogP contribution in [0.25, 0.3) is 10.1 Å². The Labute approximate surface area is 81.9 Å². The maximum atomic E-state index is 13.2. The van der Waals surface area contributed by atoms with Crippen LogP contribution in [-0.2, 0) is 0 Å². The standard InChI is InChI=1S/C8H5FN2O2S/c9-5-3-1-2-4-6(10)8(11(12)13)14-7(4)5/h1-3H,10H2. The molecule has 0 fully saturated rings. The molecule has 4 nitrogen and oxygen atoms in total. The van der Waals surface area contributed by atoms with E-state index in [1.54, 1.807) is 6.07 Å². The highest BCUT2D eigenvalue weighted by Crippen LogP contribution is 2.40. The van der Waals surface area contributed by atoms with Crippen molar-refractivity contribution in [2.75, 3.05) is 5.73 Å². The number of nitrogens with zero attached hydrogens (tertiary/aromatic N) is 1. The minimum atomic E-state index is -0.598. The van der Waals surface area contributed by atoms with Crippen molar-refractivity contribution in [1.29, 1.82) is 0 Å². The number of thiophene rings is 1. The Morgan fingerprint density at radius 2 is 2.21 bits per heavy atom. The van der Waals surface area contributed by atoms with Gasteiger partial charge in [0.1, 0.15) is 11.5 Å². The zero-order valence-corrected chi connectivity index (χ0v) is 7.68. The van der Waals surface area contributed by atoms with Gasteiger partial charge in [0.2, 0.25) is 0 Å². The van der Waals surface area contributed by atoms with E-state index in [0.717, 1.165) is 11.3 Å². The lowest BCUT2D eigenvalue weighted by Gasteiger charge is -1.90. The third kappa shape index (κ3) is 1.12. The molecule has 2 aromatic rings. The Morgan fingerprint density at radius 3 is 2.79 bits per heavy atom. The summed E-state index contributed by atoms with van der Waals surface area (Å²) in [7, 11) is 0. The Balaban J connectivity index is 2.86. The van der Waals surface area contributed by atoms with E-state index in [-0.39, 0.29) is 15.4 Å². The van der Waals surface area contributed by atoms with Crippen LogP contribution in [0.3, 0.4) is 0 Å². The summed E-state index contributed by atoms with van der Waals surface area (Å²) in [6.07, 6.45) is 0. The van der Waals surface area contributed by atoms with Gasteiger partial charge in [0.15, 0.2) is 0 Å². The van der Waals surface area contributed by atoms with Crippen LogP contribution in [0.4, 0.5) is 15.1 Å². The molecule has 6 heteroatoms. The Hall–Kier alpha value is -1.69. The molecule has 14 heavy (non-hydrogen) atoms. The van der Waals surface area contributed by atoms with Gasteiger partial charge in [-0.1, -0.05) is 23.5 Å². The van der Waals surface area contributed by atoms with Crippen molar-refractivity contribution in [3.8, 4) is 0 Å². The molecule has 0 saturated carbocycles. The molecule has 72 valence electrons. The second-order valence-corrected chi connectivity index (χ2v) is 3.69. The molecule has 0 aliphatic carbocycles. The molecule has 0 atom stereocenters. The van der Waals surface area contributed by atoms with Crippen molar-refractivity contribution < 1.29 is 9.31 Å². The fourth-order valence-corrected chi connectivity index (χ4v) is 2.17. The van der Waals surface area contributed by atoms with Gasteiger partial charge in [-0.05, 0) is 6.07 Å². The van der Waals surface area contributed by atoms with Crippen LogP contribution >= 0.6 is 11.3 Å². The minimum Gasteiger partial charge on any atom is -0.392 e. The lowest BCUT2D eigenvalue weighted by molar-refractivity contribution is -0.379. The average Bonchev–Trinajstić information content (AvgIpc) is 2.46. The van der Waals surface area contributed by atoms with Crippen molar-refractivity contribution in [3.63, 3.8) is 0 Å². The summed E-state index contributed by atoms with van der Waals surface area (Å²) in [6.45, 7) is 0. The summed E-state index contributed by atoms with van der Waals surface area (Å²) in [5.74, 6) is -0.479. The summed E-state index contributed by atoms with van der Waals surface area (Å²) in [5.41, 5.74) is 5.55. The van der Waals surface area contributed by atoms with Gasteiger partial charge in [0, 0.05) is 5.39 Å². The van der Waals surface area contributed by atoms with E-state index in [1.165, 1.54) is 12.1 Å².